The van der Waals surface area contributed by atoms with Crippen LogP contribution in [0.2, 0.25) is 0 Å². The predicted molar refractivity (Wildman–Crippen MR) is 27.4 cm³/mol. The predicted octanol–water partition coefficient (Wildman–Crippen LogP) is 0.965. The first-order valence-corrected chi connectivity index (χ1v) is 2.20. The molecule has 1 rings (SSSR count). The van der Waals surface area contributed by atoms with Crippen LogP contribution in [-0.2, 0) is 0 Å². The summed E-state index contributed by atoms with van der Waals surface area (Å²) in [5, 5.41) is 0. The van der Waals surface area contributed by atoms with Gasteiger partial charge in [-0.2, -0.15) is 0 Å². The van der Waals surface area contributed by atoms with Gasteiger partial charge in [-0.1, -0.05) is 6.08 Å². The minimum Gasteiger partial charge on any atom is -0.290 e. The molecule has 0 aromatic rings. The van der Waals surface area contributed by atoms with Gasteiger partial charge >= 0.3 is 0 Å². The van der Waals surface area contributed by atoms with Crippen molar-refractivity contribution in [3.8, 4) is 0 Å². The molecular weight excluding hydrogens is 93.1 g/mol. The second kappa shape index (κ2) is 1.87. The fraction of sp³-hybridized carbons (Fsp3) is 0.400. The molecule has 0 saturated heterocycles. The summed E-state index contributed by atoms with van der Waals surface area (Å²) < 4.78 is 11.9. The second-order valence-electron chi connectivity index (χ2n) is 1.39. The van der Waals surface area contributed by atoms with Crippen molar-refractivity contribution in [1.29, 1.82) is 0 Å². The average molecular weight is 99.1 g/mol. The Bertz CT molecular complexity index is 94.6. The lowest BCUT2D eigenvalue weighted by Gasteiger charge is -1.96. The van der Waals surface area contributed by atoms with Crippen LogP contribution in [0.3, 0.4) is 0 Å². The normalized spacial score (nSPS) is 28.4. The zero-order valence-electron chi connectivity index (χ0n) is 3.84. The van der Waals surface area contributed by atoms with Crippen molar-refractivity contribution < 1.29 is 4.39 Å². The summed E-state index contributed by atoms with van der Waals surface area (Å²) in [6.45, 7) is 0.639. The van der Waals surface area contributed by atoms with Crippen LogP contribution in [0.25, 0.3) is 0 Å². The maximum Gasteiger partial charge on any atom is 0.153 e. The number of rotatable bonds is 0. The largest absolute Gasteiger partial charge is 0.290 e. The van der Waals surface area contributed by atoms with Gasteiger partial charge in [0.15, 0.2) is 6.17 Å². The van der Waals surface area contributed by atoms with Gasteiger partial charge < -0.3 is 0 Å². The van der Waals surface area contributed by atoms with Crippen LogP contribution in [0, 0.1) is 0 Å². The molecule has 0 spiro atoms. The van der Waals surface area contributed by atoms with Crippen molar-refractivity contribution in [3.05, 3.63) is 12.2 Å². The summed E-state index contributed by atoms with van der Waals surface area (Å²) in [5.74, 6) is 0. The minimum absolute atomic E-state index is 0.639. The van der Waals surface area contributed by atoms with Crippen LogP contribution < -0.4 is 0 Å². The molecule has 1 aliphatic heterocycles. The number of allylic oxidation sites excluding steroid dienone is 1. The van der Waals surface area contributed by atoms with Crippen molar-refractivity contribution in [3.63, 3.8) is 0 Å². The molecule has 1 unspecified atom stereocenters. The van der Waals surface area contributed by atoms with E-state index in [4.69, 9.17) is 0 Å². The molecule has 0 aromatic heterocycles. The summed E-state index contributed by atoms with van der Waals surface area (Å²) in [7, 11) is 0. The van der Waals surface area contributed by atoms with E-state index in [-0.39, 0.29) is 0 Å². The molecule has 0 saturated carbocycles. The Morgan fingerprint density at radius 2 is 2.57 bits per heavy atom. The van der Waals surface area contributed by atoms with Crippen LogP contribution in [0.15, 0.2) is 17.1 Å². The smallest absolute Gasteiger partial charge is 0.153 e. The number of alkyl halides is 1. The molecule has 1 nitrogen and oxygen atoms in total. The first-order valence-electron chi connectivity index (χ1n) is 2.20. The molecule has 0 aliphatic carbocycles. The van der Waals surface area contributed by atoms with Crippen molar-refractivity contribution in [2.24, 2.45) is 4.99 Å². The number of hydrogen-bond donors (Lipinski definition) is 0. The van der Waals surface area contributed by atoms with E-state index in [2.05, 4.69) is 4.99 Å². The van der Waals surface area contributed by atoms with E-state index in [1.807, 2.05) is 0 Å². The van der Waals surface area contributed by atoms with Crippen LogP contribution in [0.5, 0.6) is 0 Å². The molecule has 2 heteroatoms. The Balaban J connectivity index is 2.49. The number of halogens is 1. The number of hydrogen-bond acceptors (Lipinski definition) is 1. The molecule has 0 N–H and O–H groups in total. The molecule has 0 aromatic carbocycles. The summed E-state index contributed by atoms with van der Waals surface area (Å²) in [6, 6.07) is 0. The Labute approximate surface area is 41.6 Å². The molecule has 0 amide bonds. The highest BCUT2D eigenvalue weighted by molar-refractivity contribution is 5.66. The zero-order valence-corrected chi connectivity index (χ0v) is 3.84. The minimum atomic E-state index is -0.936. The van der Waals surface area contributed by atoms with Crippen LogP contribution in [-0.4, -0.2) is 18.9 Å². The van der Waals surface area contributed by atoms with Crippen molar-refractivity contribution in [2.75, 3.05) is 6.54 Å². The highest BCUT2D eigenvalue weighted by Gasteiger charge is 1.96. The average Bonchev–Trinajstić information content (AvgIpc) is 1.69. The van der Waals surface area contributed by atoms with Gasteiger partial charge in [0.2, 0.25) is 0 Å². The third kappa shape index (κ3) is 1.11. The topological polar surface area (TPSA) is 12.4 Å². The lowest BCUT2D eigenvalue weighted by Crippen LogP contribution is -2.00. The highest BCUT2D eigenvalue weighted by atomic mass is 19.1. The van der Waals surface area contributed by atoms with Gasteiger partial charge in [-0.05, 0) is 6.08 Å². The van der Waals surface area contributed by atoms with Gasteiger partial charge in [0.1, 0.15) is 0 Å². The van der Waals surface area contributed by atoms with Crippen molar-refractivity contribution in [2.45, 2.75) is 6.17 Å². The number of aliphatic imine (C=N–C) groups is 1. The van der Waals surface area contributed by atoms with E-state index in [1.165, 1.54) is 12.3 Å². The maximum atomic E-state index is 11.9. The fourth-order valence-corrected chi connectivity index (χ4v) is 0.463. The van der Waals surface area contributed by atoms with Crippen LogP contribution in [0.4, 0.5) is 4.39 Å². The van der Waals surface area contributed by atoms with Gasteiger partial charge in [0.25, 0.3) is 0 Å². The highest BCUT2D eigenvalue weighted by Crippen LogP contribution is 1.93. The van der Waals surface area contributed by atoms with Crippen LogP contribution >= 0.6 is 0 Å². The Hall–Kier alpha value is -0.660. The van der Waals surface area contributed by atoms with Gasteiger partial charge in [-0.15, -0.1) is 0 Å². The molecule has 7 heavy (non-hydrogen) atoms. The number of nitrogens with zero attached hydrogens (tertiary/aromatic N) is 1. The summed E-state index contributed by atoms with van der Waals surface area (Å²) in [5.41, 5.74) is 0. The molecular formula is C5H6FN. The Kier molecular flexibility index (Phi) is 1.20. The first kappa shape index (κ1) is 4.50. The lowest BCUT2D eigenvalue weighted by atomic mass is 10.3. The van der Waals surface area contributed by atoms with E-state index >= 15 is 0 Å². The van der Waals surface area contributed by atoms with Gasteiger partial charge in [0, 0.05) is 6.21 Å². The summed E-state index contributed by atoms with van der Waals surface area (Å²) in [4.78, 5) is 3.67. The van der Waals surface area contributed by atoms with E-state index in [0.29, 0.717) is 6.54 Å². The molecule has 1 atom stereocenters. The molecule has 0 fully saturated rings. The summed E-state index contributed by atoms with van der Waals surface area (Å²) in [6.07, 6.45) is 3.58. The fourth-order valence-electron chi connectivity index (χ4n) is 0.463. The zero-order chi connectivity index (χ0) is 5.11. The third-order valence-corrected chi connectivity index (χ3v) is 0.779. The Morgan fingerprint density at radius 3 is 2.86 bits per heavy atom. The maximum absolute atomic E-state index is 11.9. The molecule has 0 bridgehead atoms. The van der Waals surface area contributed by atoms with Gasteiger partial charge in [0.05, 0.1) is 6.54 Å². The van der Waals surface area contributed by atoms with Crippen molar-refractivity contribution >= 4 is 6.21 Å². The quantitative estimate of drug-likeness (QED) is 0.401. The van der Waals surface area contributed by atoms with Crippen LogP contribution in [0.1, 0.15) is 0 Å². The second-order valence-corrected chi connectivity index (χ2v) is 1.39. The standard InChI is InChI=1S/C5H6FN/c6-5-2-1-3-7-4-5/h1-2,4-5H,3H2. The third-order valence-electron chi connectivity index (χ3n) is 0.779. The van der Waals surface area contributed by atoms with Crippen molar-refractivity contribution in [1.82, 2.24) is 0 Å². The molecule has 1 heterocycles. The van der Waals surface area contributed by atoms with Gasteiger partial charge in [-0.25, -0.2) is 4.39 Å². The van der Waals surface area contributed by atoms with E-state index in [9.17, 15) is 4.39 Å². The summed E-state index contributed by atoms with van der Waals surface area (Å²) >= 11 is 0. The number of dihydropyridines is 1. The van der Waals surface area contributed by atoms with E-state index in [0.717, 1.165) is 0 Å². The van der Waals surface area contributed by atoms with E-state index in [1.54, 1.807) is 6.08 Å². The van der Waals surface area contributed by atoms with Gasteiger partial charge in [-0.3, -0.25) is 4.99 Å². The molecule has 38 valence electrons. The lowest BCUT2D eigenvalue weighted by molar-refractivity contribution is 0.495. The molecule has 0 radical (unpaired) electrons. The molecule has 1 aliphatic rings. The monoisotopic (exact) mass is 99.0 g/mol. The SMILES string of the molecule is FC1C=CCN=C1. The van der Waals surface area contributed by atoms with E-state index < -0.39 is 6.17 Å². The Morgan fingerprint density at radius 1 is 1.71 bits per heavy atom. The first-order chi connectivity index (χ1) is 3.39.